The third-order valence-electron chi connectivity index (χ3n) is 4.30. The number of thiocyanates is 1. The van der Waals surface area contributed by atoms with Gasteiger partial charge in [0.2, 0.25) is 0 Å². The van der Waals surface area contributed by atoms with Gasteiger partial charge in [0.05, 0.1) is 23.3 Å². The van der Waals surface area contributed by atoms with Crippen LogP contribution in [0.4, 0.5) is 10.5 Å². The zero-order valence-corrected chi connectivity index (χ0v) is 17.1. The molecule has 1 aliphatic rings. The van der Waals surface area contributed by atoms with Crippen LogP contribution in [0.1, 0.15) is 46.1 Å². The lowest BCUT2D eigenvalue weighted by molar-refractivity contribution is 0.0204. The van der Waals surface area contributed by atoms with E-state index in [4.69, 9.17) is 15.8 Å². The van der Waals surface area contributed by atoms with Crippen LogP contribution in [0, 0.1) is 10.7 Å². The second-order valence-corrected chi connectivity index (χ2v) is 8.03. The Labute approximate surface area is 165 Å². The lowest BCUT2D eigenvalue weighted by Gasteiger charge is -2.38. The summed E-state index contributed by atoms with van der Waals surface area (Å²) in [7, 11) is 0. The average molecular weight is 390 g/mol. The lowest BCUT2D eigenvalue weighted by atomic mass is 10.0. The van der Waals surface area contributed by atoms with E-state index in [0.29, 0.717) is 13.1 Å². The van der Waals surface area contributed by atoms with E-state index in [-0.39, 0.29) is 12.1 Å². The molecule has 0 aliphatic carbocycles. The van der Waals surface area contributed by atoms with Crippen molar-refractivity contribution >= 4 is 29.4 Å². The second-order valence-electron chi connectivity index (χ2n) is 7.48. The minimum absolute atomic E-state index is 0.112. The molecule has 1 fully saturated rings. The molecule has 1 aromatic carbocycles. The minimum atomic E-state index is -0.495. The predicted octanol–water partition coefficient (Wildman–Crippen LogP) is 3.70. The Kier molecular flexibility index (Phi) is 7.11. The van der Waals surface area contributed by atoms with Gasteiger partial charge in [-0.3, -0.25) is 0 Å². The molecule has 146 valence electrons. The SMILES string of the molecule is CC(=NSC#N)c1ccccc1N(N)C1CCN(C(=O)OC(C)(C)C)CC1. The van der Waals surface area contributed by atoms with Gasteiger partial charge in [0.25, 0.3) is 0 Å². The van der Waals surface area contributed by atoms with Crippen LogP contribution in [0.5, 0.6) is 0 Å². The van der Waals surface area contributed by atoms with Crippen molar-refractivity contribution in [2.75, 3.05) is 18.1 Å². The zero-order valence-electron chi connectivity index (χ0n) is 16.3. The lowest BCUT2D eigenvalue weighted by Crippen LogP contribution is -2.50. The highest BCUT2D eigenvalue weighted by molar-refractivity contribution is 8.02. The third kappa shape index (κ3) is 5.88. The number of hydrogen-bond acceptors (Lipinski definition) is 7. The van der Waals surface area contributed by atoms with Gasteiger partial charge in [-0.2, -0.15) is 5.26 Å². The van der Waals surface area contributed by atoms with E-state index >= 15 is 0 Å². The van der Waals surface area contributed by atoms with E-state index in [1.165, 1.54) is 0 Å². The number of hydrogen-bond donors (Lipinski definition) is 1. The number of likely N-dealkylation sites (tertiary alicyclic amines) is 1. The fourth-order valence-electron chi connectivity index (χ4n) is 2.99. The first kappa shape index (κ1) is 21.1. The molecular weight excluding hydrogens is 362 g/mol. The minimum Gasteiger partial charge on any atom is -0.444 e. The molecule has 1 heterocycles. The third-order valence-corrected chi connectivity index (χ3v) is 4.75. The Morgan fingerprint density at radius 2 is 2.00 bits per heavy atom. The summed E-state index contributed by atoms with van der Waals surface area (Å²) in [5, 5.41) is 12.4. The normalized spacial score (nSPS) is 16.0. The van der Waals surface area contributed by atoms with Gasteiger partial charge in [-0.25, -0.2) is 15.0 Å². The molecule has 1 aliphatic heterocycles. The maximum atomic E-state index is 12.2. The molecule has 1 aromatic rings. The van der Waals surface area contributed by atoms with Crippen LogP contribution in [0.3, 0.4) is 0 Å². The molecule has 1 amide bonds. The number of carbonyl (C=O) groups excluding carboxylic acids is 1. The number of para-hydroxylation sites is 1. The van der Waals surface area contributed by atoms with E-state index < -0.39 is 5.60 Å². The summed E-state index contributed by atoms with van der Waals surface area (Å²) in [6.07, 6.45) is 1.24. The monoisotopic (exact) mass is 389 g/mol. The van der Waals surface area contributed by atoms with E-state index in [1.807, 2.05) is 57.4 Å². The number of nitrogens with zero attached hydrogens (tertiary/aromatic N) is 4. The van der Waals surface area contributed by atoms with Crippen molar-refractivity contribution < 1.29 is 9.53 Å². The van der Waals surface area contributed by atoms with Gasteiger partial charge in [-0.05, 0) is 46.6 Å². The summed E-state index contributed by atoms with van der Waals surface area (Å²) < 4.78 is 9.63. The molecule has 0 atom stereocenters. The van der Waals surface area contributed by atoms with Crippen molar-refractivity contribution in [3.05, 3.63) is 29.8 Å². The Balaban J connectivity index is 2.05. The molecule has 0 spiro atoms. The van der Waals surface area contributed by atoms with Gasteiger partial charge in [0, 0.05) is 24.7 Å². The summed E-state index contributed by atoms with van der Waals surface area (Å²) >= 11 is 0.851. The smallest absolute Gasteiger partial charge is 0.410 e. The number of carbonyl (C=O) groups is 1. The van der Waals surface area contributed by atoms with Crippen molar-refractivity contribution in [1.82, 2.24) is 4.90 Å². The number of nitriles is 1. The van der Waals surface area contributed by atoms with Gasteiger partial charge in [0.1, 0.15) is 5.60 Å². The molecule has 7 nitrogen and oxygen atoms in total. The molecule has 0 aromatic heterocycles. The van der Waals surface area contributed by atoms with Crippen LogP contribution in [-0.2, 0) is 4.74 Å². The Morgan fingerprint density at radius 1 is 1.37 bits per heavy atom. The molecule has 1 saturated heterocycles. The highest BCUT2D eigenvalue weighted by atomic mass is 32.2. The molecule has 2 rings (SSSR count). The molecule has 0 unspecified atom stereocenters. The predicted molar refractivity (Wildman–Crippen MR) is 109 cm³/mol. The van der Waals surface area contributed by atoms with E-state index in [1.54, 1.807) is 9.91 Å². The molecule has 0 bridgehead atoms. The highest BCUT2D eigenvalue weighted by Crippen LogP contribution is 2.26. The standard InChI is InChI=1S/C19H27N5O2S/c1-14(22-27-13-20)16-7-5-6-8-17(16)24(21)15-9-11-23(12-10-15)18(25)26-19(2,3)4/h5-8,15H,9-12,21H2,1-4H3. The first-order chi connectivity index (χ1) is 12.7. The molecular formula is C19H27N5O2S. The number of hydrazine groups is 1. The Morgan fingerprint density at radius 3 is 2.59 bits per heavy atom. The second kappa shape index (κ2) is 9.11. The number of piperidine rings is 1. The number of nitrogens with two attached hydrogens (primary N) is 1. The van der Waals surface area contributed by atoms with E-state index in [9.17, 15) is 4.79 Å². The van der Waals surface area contributed by atoms with Crippen molar-refractivity contribution in [2.24, 2.45) is 10.2 Å². The van der Waals surface area contributed by atoms with Gasteiger partial charge in [-0.15, -0.1) is 0 Å². The summed E-state index contributed by atoms with van der Waals surface area (Å²) in [5.74, 6) is 6.43. The van der Waals surface area contributed by atoms with Crippen molar-refractivity contribution in [3.8, 4) is 5.40 Å². The van der Waals surface area contributed by atoms with E-state index in [0.717, 1.165) is 41.8 Å². The quantitative estimate of drug-likeness (QED) is 0.277. The Hall–Kier alpha value is -2.24. The number of ether oxygens (including phenoxy) is 1. The Bertz CT molecular complexity index is 730. The molecule has 2 N–H and O–H groups in total. The van der Waals surface area contributed by atoms with Gasteiger partial charge in [0.15, 0.2) is 5.40 Å². The maximum Gasteiger partial charge on any atom is 0.410 e. The van der Waals surface area contributed by atoms with Crippen LogP contribution in [0.15, 0.2) is 28.7 Å². The highest BCUT2D eigenvalue weighted by Gasteiger charge is 2.29. The van der Waals surface area contributed by atoms with Crippen molar-refractivity contribution in [3.63, 3.8) is 0 Å². The fraction of sp³-hybridized carbons (Fsp3) is 0.526. The fourth-order valence-corrected chi connectivity index (χ4v) is 3.27. The first-order valence-corrected chi connectivity index (χ1v) is 9.71. The average Bonchev–Trinajstić information content (AvgIpc) is 2.64. The van der Waals surface area contributed by atoms with E-state index in [2.05, 4.69) is 4.40 Å². The number of rotatable bonds is 4. The largest absolute Gasteiger partial charge is 0.444 e. The van der Waals surface area contributed by atoms with Gasteiger partial charge >= 0.3 is 6.09 Å². The summed E-state index contributed by atoms with van der Waals surface area (Å²) in [4.78, 5) is 14.0. The molecule has 0 saturated carbocycles. The molecule has 0 radical (unpaired) electrons. The van der Waals surface area contributed by atoms with Crippen LogP contribution < -0.4 is 10.9 Å². The summed E-state index contributed by atoms with van der Waals surface area (Å²) in [6.45, 7) is 8.67. The molecule has 8 heteroatoms. The topological polar surface area (TPSA) is 95.0 Å². The van der Waals surface area contributed by atoms with Crippen LogP contribution in [0.2, 0.25) is 0 Å². The van der Waals surface area contributed by atoms with Crippen LogP contribution in [0.25, 0.3) is 0 Å². The van der Waals surface area contributed by atoms with Crippen molar-refractivity contribution in [2.45, 2.75) is 52.2 Å². The summed E-state index contributed by atoms with van der Waals surface area (Å²) in [6, 6.07) is 7.86. The zero-order chi connectivity index (χ0) is 20.0. The number of anilines is 1. The number of benzene rings is 1. The maximum absolute atomic E-state index is 12.2. The van der Waals surface area contributed by atoms with Gasteiger partial charge < -0.3 is 14.6 Å². The van der Waals surface area contributed by atoms with Gasteiger partial charge in [-0.1, -0.05) is 18.2 Å². The van der Waals surface area contributed by atoms with Crippen LogP contribution >= 0.6 is 11.9 Å². The molecule has 27 heavy (non-hydrogen) atoms. The van der Waals surface area contributed by atoms with Crippen molar-refractivity contribution in [1.29, 1.82) is 5.26 Å². The number of amides is 1. The summed E-state index contributed by atoms with van der Waals surface area (Å²) in [5.41, 5.74) is 2.02. The van der Waals surface area contributed by atoms with Crippen LogP contribution in [-0.4, -0.2) is 41.4 Å². The first-order valence-electron chi connectivity index (χ1n) is 8.94.